The van der Waals surface area contributed by atoms with Gasteiger partial charge in [-0.25, -0.2) is 4.90 Å². The predicted octanol–water partition coefficient (Wildman–Crippen LogP) is 4.56. The molecule has 28 heavy (non-hydrogen) atoms. The number of imide groups is 1. The smallest absolute Gasteiger partial charge is 0.293 e. The molecule has 0 aromatic heterocycles. The summed E-state index contributed by atoms with van der Waals surface area (Å²) in [5.74, 6) is 3.26. The second kappa shape index (κ2) is 9.05. The Bertz CT molecular complexity index is 940. The van der Waals surface area contributed by atoms with Gasteiger partial charge in [-0.15, -0.1) is 6.42 Å². The lowest BCUT2D eigenvalue weighted by Crippen LogP contribution is -2.32. The zero-order valence-electron chi connectivity index (χ0n) is 15.2. The van der Waals surface area contributed by atoms with Gasteiger partial charge in [0.15, 0.2) is 11.5 Å². The number of nitrogens with zero attached hydrogens (tertiary/aromatic N) is 1. The van der Waals surface area contributed by atoms with Gasteiger partial charge in [0.25, 0.3) is 5.24 Å². The minimum Gasteiger partial charge on any atom is -0.490 e. The van der Waals surface area contributed by atoms with Gasteiger partial charge in [0, 0.05) is 5.02 Å². The highest BCUT2D eigenvalue weighted by Crippen LogP contribution is 2.36. The van der Waals surface area contributed by atoms with E-state index in [9.17, 15) is 9.59 Å². The monoisotopic (exact) mass is 415 g/mol. The van der Waals surface area contributed by atoms with Crippen molar-refractivity contribution >= 4 is 40.2 Å². The molecule has 144 valence electrons. The van der Waals surface area contributed by atoms with Crippen molar-refractivity contribution in [2.24, 2.45) is 0 Å². The maximum Gasteiger partial charge on any atom is 0.293 e. The van der Waals surface area contributed by atoms with Crippen molar-refractivity contribution in [2.75, 3.05) is 18.1 Å². The highest BCUT2D eigenvalue weighted by Gasteiger charge is 2.40. The lowest BCUT2D eigenvalue weighted by molar-refractivity contribution is -0.117. The van der Waals surface area contributed by atoms with Crippen LogP contribution in [0.3, 0.4) is 0 Å². The zero-order chi connectivity index (χ0) is 20.1. The molecule has 0 N–H and O–H groups in total. The Morgan fingerprint density at radius 2 is 2.00 bits per heavy atom. The van der Waals surface area contributed by atoms with E-state index in [2.05, 4.69) is 5.92 Å². The van der Waals surface area contributed by atoms with Crippen LogP contribution in [0.25, 0.3) is 0 Å². The minimum atomic E-state index is -0.515. The Kier molecular flexibility index (Phi) is 6.50. The largest absolute Gasteiger partial charge is 0.490 e. The standard InChI is InChI=1S/C21H18ClNO4S/c1-3-10-27-17-9-8-14(11-18(17)26-4-2)12-19-20(24)23(21(25)28-19)16-7-5-6-15(22)13-16/h1,5-9,11,13,19H,4,10,12H2,2H3/t19-/m1/s1. The van der Waals surface area contributed by atoms with Crippen molar-refractivity contribution in [2.45, 2.75) is 18.6 Å². The molecule has 0 aliphatic carbocycles. The maximum atomic E-state index is 12.8. The molecule has 0 spiro atoms. The molecule has 1 aliphatic rings. The van der Waals surface area contributed by atoms with Gasteiger partial charge in [0.2, 0.25) is 5.91 Å². The fraction of sp³-hybridized carbons (Fsp3) is 0.238. The number of carbonyl (C=O) groups excluding carboxylic acids is 2. The molecule has 0 bridgehead atoms. The van der Waals surface area contributed by atoms with Crippen molar-refractivity contribution in [3.63, 3.8) is 0 Å². The normalized spacial score (nSPS) is 16.2. The first-order valence-electron chi connectivity index (χ1n) is 8.65. The van der Waals surface area contributed by atoms with Crippen molar-refractivity contribution in [3.8, 4) is 23.8 Å². The number of anilines is 1. The molecule has 0 saturated carbocycles. The van der Waals surface area contributed by atoms with Crippen LogP contribution in [0.2, 0.25) is 5.02 Å². The first kappa shape index (κ1) is 20.1. The van der Waals surface area contributed by atoms with E-state index >= 15 is 0 Å². The summed E-state index contributed by atoms with van der Waals surface area (Å²) >= 11 is 7.00. The molecule has 1 atom stereocenters. The Morgan fingerprint density at radius 3 is 2.71 bits per heavy atom. The molecule has 1 fully saturated rings. The van der Waals surface area contributed by atoms with Gasteiger partial charge in [0.1, 0.15) is 6.61 Å². The number of hydrogen-bond donors (Lipinski definition) is 0. The van der Waals surface area contributed by atoms with Gasteiger partial charge in [-0.1, -0.05) is 41.4 Å². The van der Waals surface area contributed by atoms with Crippen molar-refractivity contribution in [1.82, 2.24) is 0 Å². The van der Waals surface area contributed by atoms with Gasteiger partial charge >= 0.3 is 0 Å². The van der Waals surface area contributed by atoms with E-state index in [0.29, 0.717) is 35.2 Å². The third kappa shape index (κ3) is 4.44. The molecule has 1 saturated heterocycles. The lowest BCUT2D eigenvalue weighted by atomic mass is 10.1. The number of amides is 2. The molecule has 7 heteroatoms. The number of hydrogen-bond acceptors (Lipinski definition) is 5. The highest BCUT2D eigenvalue weighted by molar-refractivity contribution is 8.15. The number of rotatable bonds is 7. The maximum absolute atomic E-state index is 12.8. The van der Waals surface area contributed by atoms with E-state index in [1.807, 2.05) is 19.1 Å². The van der Waals surface area contributed by atoms with Crippen molar-refractivity contribution in [3.05, 3.63) is 53.1 Å². The Labute approximate surface area is 173 Å². The molecule has 1 aliphatic heterocycles. The van der Waals surface area contributed by atoms with Gasteiger partial charge in [-0.3, -0.25) is 9.59 Å². The van der Waals surface area contributed by atoms with Crippen LogP contribution in [-0.4, -0.2) is 29.6 Å². The number of benzene rings is 2. The van der Waals surface area contributed by atoms with Crippen LogP contribution in [-0.2, 0) is 11.2 Å². The fourth-order valence-electron chi connectivity index (χ4n) is 2.84. The van der Waals surface area contributed by atoms with Gasteiger partial charge < -0.3 is 9.47 Å². The van der Waals surface area contributed by atoms with E-state index in [4.69, 9.17) is 27.5 Å². The molecule has 2 aromatic rings. The summed E-state index contributed by atoms with van der Waals surface area (Å²) in [6.45, 7) is 2.48. The van der Waals surface area contributed by atoms with Crippen LogP contribution >= 0.6 is 23.4 Å². The molecule has 5 nitrogen and oxygen atoms in total. The van der Waals surface area contributed by atoms with Crippen LogP contribution in [0.5, 0.6) is 11.5 Å². The predicted molar refractivity (Wildman–Crippen MR) is 111 cm³/mol. The average molecular weight is 416 g/mol. The molecule has 0 unspecified atom stereocenters. The van der Waals surface area contributed by atoms with E-state index in [0.717, 1.165) is 17.3 Å². The number of halogens is 1. The summed E-state index contributed by atoms with van der Waals surface area (Å²) in [4.78, 5) is 26.4. The molecular weight excluding hydrogens is 398 g/mol. The van der Waals surface area contributed by atoms with E-state index in [1.165, 1.54) is 4.90 Å². The third-order valence-corrected chi connectivity index (χ3v) is 5.30. The van der Waals surface area contributed by atoms with Crippen LogP contribution in [0.15, 0.2) is 42.5 Å². The van der Waals surface area contributed by atoms with Crippen molar-refractivity contribution < 1.29 is 19.1 Å². The third-order valence-electron chi connectivity index (χ3n) is 4.03. The summed E-state index contributed by atoms with van der Waals surface area (Å²) in [7, 11) is 0. The molecule has 1 heterocycles. The number of ether oxygens (including phenoxy) is 2. The quantitative estimate of drug-likeness (QED) is 0.620. The zero-order valence-corrected chi connectivity index (χ0v) is 16.8. The molecule has 3 rings (SSSR count). The van der Waals surface area contributed by atoms with Crippen LogP contribution in [0, 0.1) is 12.3 Å². The number of carbonyl (C=O) groups is 2. The topological polar surface area (TPSA) is 55.8 Å². The van der Waals surface area contributed by atoms with Gasteiger partial charge in [-0.05, 0) is 49.2 Å². The average Bonchev–Trinajstić information content (AvgIpc) is 2.94. The van der Waals surface area contributed by atoms with Crippen molar-refractivity contribution in [1.29, 1.82) is 0 Å². The van der Waals surface area contributed by atoms with Crippen LogP contribution in [0.4, 0.5) is 10.5 Å². The SMILES string of the molecule is C#CCOc1ccc(C[C@H]2SC(=O)N(c3cccc(Cl)c3)C2=O)cc1OCC. The summed E-state index contributed by atoms with van der Waals surface area (Å²) < 4.78 is 11.1. The van der Waals surface area contributed by atoms with Gasteiger partial charge in [0.05, 0.1) is 17.5 Å². The van der Waals surface area contributed by atoms with E-state index in [-0.39, 0.29) is 17.8 Å². The summed E-state index contributed by atoms with van der Waals surface area (Å²) in [5.41, 5.74) is 1.34. The van der Waals surface area contributed by atoms with Crippen LogP contribution < -0.4 is 14.4 Å². The second-order valence-electron chi connectivity index (χ2n) is 5.94. The Hall–Kier alpha value is -2.62. The first-order chi connectivity index (χ1) is 13.5. The minimum absolute atomic E-state index is 0.138. The lowest BCUT2D eigenvalue weighted by Gasteiger charge is -2.15. The number of thioether (sulfide) groups is 1. The summed E-state index contributed by atoms with van der Waals surface area (Å²) in [6.07, 6.45) is 5.63. The van der Waals surface area contributed by atoms with E-state index in [1.54, 1.807) is 30.3 Å². The highest BCUT2D eigenvalue weighted by atomic mass is 35.5. The number of terminal acetylenes is 1. The van der Waals surface area contributed by atoms with Gasteiger partial charge in [-0.2, -0.15) is 0 Å². The molecule has 0 radical (unpaired) electrons. The Balaban J connectivity index is 1.78. The second-order valence-corrected chi connectivity index (χ2v) is 7.53. The molecule has 2 amide bonds. The molecular formula is C21H18ClNO4S. The first-order valence-corrected chi connectivity index (χ1v) is 9.91. The Morgan fingerprint density at radius 1 is 1.18 bits per heavy atom. The fourth-order valence-corrected chi connectivity index (χ4v) is 4.05. The van der Waals surface area contributed by atoms with Crippen LogP contribution in [0.1, 0.15) is 12.5 Å². The summed E-state index contributed by atoms with van der Waals surface area (Å²) in [6, 6.07) is 12.1. The van der Waals surface area contributed by atoms with E-state index < -0.39 is 5.25 Å². The molecule has 2 aromatic carbocycles. The summed E-state index contributed by atoms with van der Waals surface area (Å²) in [5, 5.41) is -0.356.